The Morgan fingerprint density at radius 1 is 1.33 bits per heavy atom. The summed E-state index contributed by atoms with van der Waals surface area (Å²) >= 11 is 1.30. The van der Waals surface area contributed by atoms with Crippen molar-refractivity contribution < 1.29 is 9.53 Å². The van der Waals surface area contributed by atoms with Crippen molar-refractivity contribution in [3.05, 3.63) is 47.9 Å². The number of hydrogen-bond donors (Lipinski definition) is 2. The van der Waals surface area contributed by atoms with E-state index in [4.69, 9.17) is 10.6 Å². The van der Waals surface area contributed by atoms with Crippen molar-refractivity contribution >= 4 is 17.7 Å². The van der Waals surface area contributed by atoms with E-state index < -0.39 is 0 Å². The lowest BCUT2D eigenvalue weighted by atomic mass is 10.3. The number of aromatic nitrogens is 2. The number of aryl methyl sites for hydroxylation is 1. The van der Waals surface area contributed by atoms with E-state index in [1.54, 1.807) is 0 Å². The lowest BCUT2D eigenvalue weighted by Gasteiger charge is -2.07. The van der Waals surface area contributed by atoms with Crippen molar-refractivity contribution in [2.45, 2.75) is 18.6 Å². The highest BCUT2D eigenvalue weighted by molar-refractivity contribution is 7.99. The van der Waals surface area contributed by atoms with Crippen LogP contribution < -0.4 is 16.0 Å². The standard InChI is InChI=1S/C14H16N4O2S/c1-10-7-14(21-9-13(19)18-15)17-12(16-10)8-20-11-5-3-2-4-6-11/h2-7H,8-9,15H2,1H3,(H,18,19). The molecule has 3 N–H and O–H groups in total. The highest BCUT2D eigenvalue weighted by atomic mass is 32.2. The van der Waals surface area contributed by atoms with Crippen LogP contribution in [-0.4, -0.2) is 21.6 Å². The van der Waals surface area contributed by atoms with Crippen LogP contribution in [0.2, 0.25) is 0 Å². The average molecular weight is 304 g/mol. The fraction of sp³-hybridized carbons (Fsp3) is 0.214. The van der Waals surface area contributed by atoms with Crippen molar-refractivity contribution in [3.8, 4) is 5.75 Å². The fourth-order valence-electron chi connectivity index (χ4n) is 1.58. The van der Waals surface area contributed by atoms with Crippen molar-refractivity contribution in [1.82, 2.24) is 15.4 Å². The normalized spacial score (nSPS) is 10.2. The van der Waals surface area contributed by atoms with Crippen molar-refractivity contribution in [1.29, 1.82) is 0 Å². The Labute approximate surface area is 127 Å². The van der Waals surface area contributed by atoms with Crippen LogP contribution in [0.5, 0.6) is 5.75 Å². The lowest BCUT2D eigenvalue weighted by Crippen LogP contribution is -2.31. The van der Waals surface area contributed by atoms with E-state index in [-0.39, 0.29) is 18.3 Å². The van der Waals surface area contributed by atoms with E-state index in [1.807, 2.05) is 43.3 Å². The summed E-state index contributed by atoms with van der Waals surface area (Å²) in [7, 11) is 0. The first-order valence-electron chi connectivity index (χ1n) is 6.32. The van der Waals surface area contributed by atoms with E-state index >= 15 is 0 Å². The Balaban J connectivity index is 1.99. The van der Waals surface area contributed by atoms with Gasteiger partial charge in [-0.2, -0.15) is 0 Å². The molecule has 0 aliphatic heterocycles. The molecule has 0 atom stereocenters. The van der Waals surface area contributed by atoms with Gasteiger partial charge in [0.25, 0.3) is 0 Å². The van der Waals surface area contributed by atoms with Crippen LogP contribution in [0.4, 0.5) is 0 Å². The molecule has 1 aromatic carbocycles. The molecule has 0 bridgehead atoms. The molecule has 1 amide bonds. The molecule has 2 aromatic rings. The number of benzene rings is 1. The van der Waals surface area contributed by atoms with Gasteiger partial charge in [-0.25, -0.2) is 15.8 Å². The number of carbonyl (C=O) groups is 1. The fourth-order valence-corrected chi connectivity index (χ4v) is 2.37. The van der Waals surface area contributed by atoms with Crippen LogP contribution in [0.1, 0.15) is 11.5 Å². The Morgan fingerprint density at radius 3 is 2.81 bits per heavy atom. The zero-order valence-electron chi connectivity index (χ0n) is 11.6. The third kappa shape index (κ3) is 5.05. The number of amides is 1. The molecular formula is C14H16N4O2S. The third-order valence-electron chi connectivity index (χ3n) is 2.50. The minimum atomic E-state index is -0.252. The quantitative estimate of drug-likeness (QED) is 0.276. The van der Waals surface area contributed by atoms with E-state index in [9.17, 15) is 4.79 Å². The van der Waals surface area contributed by atoms with Crippen molar-refractivity contribution in [3.63, 3.8) is 0 Å². The number of hydrazine groups is 1. The minimum absolute atomic E-state index is 0.214. The summed E-state index contributed by atoms with van der Waals surface area (Å²) in [5.41, 5.74) is 2.91. The van der Waals surface area contributed by atoms with Gasteiger partial charge in [-0.1, -0.05) is 30.0 Å². The number of thioether (sulfide) groups is 1. The average Bonchev–Trinajstić information content (AvgIpc) is 2.51. The molecule has 0 radical (unpaired) electrons. The molecule has 0 aliphatic rings. The lowest BCUT2D eigenvalue weighted by molar-refractivity contribution is -0.118. The predicted octanol–water partition coefficient (Wildman–Crippen LogP) is 1.45. The zero-order valence-corrected chi connectivity index (χ0v) is 12.4. The first-order valence-corrected chi connectivity index (χ1v) is 7.30. The van der Waals surface area contributed by atoms with Crippen molar-refractivity contribution in [2.75, 3.05) is 5.75 Å². The van der Waals surface area contributed by atoms with Gasteiger partial charge < -0.3 is 4.74 Å². The smallest absolute Gasteiger partial charge is 0.244 e. The first-order chi connectivity index (χ1) is 10.2. The number of nitrogens with zero attached hydrogens (tertiary/aromatic N) is 2. The predicted molar refractivity (Wildman–Crippen MR) is 80.6 cm³/mol. The monoisotopic (exact) mass is 304 g/mol. The highest BCUT2D eigenvalue weighted by Gasteiger charge is 2.06. The van der Waals surface area contributed by atoms with Crippen LogP contribution in [0, 0.1) is 6.92 Å². The van der Waals surface area contributed by atoms with Gasteiger partial charge in [-0.05, 0) is 25.1 Å². The SMILES string of the molecule is Cc1cc(SCC(=O)NN)nc(COc2ccccc2)n1. The topological polar surface area (TPSA) is 90.1 Å². The molecule has 0 unspecified atom stereocenters. The Kier molecular flexibility index (Phi) is 5.53. The molecule has 0 saturated heterocycles. The maximum Gasteiger partial charge on any atom is 0.244 e. The van der Waals surface area contributed by atoms with Gasteiger partial charge in [-0.15, -0.1) is 0 Å². The number of para-hydroxylation sites is 1. The summed E-state index contributed by atoms with van der Waals surface area (Å²) in [6.07, 6.45) is 0. The highest BCUT2D eigenvalue weighted by Crippen LogP contribution is 2.17. The van der Waals surface area contributed by atoms with E-state index in [2.05, 4.69) is 15.4 Å². The second kappa shape index (κ2) is 7.61. The molecule has 6 nitrogen and oxygen atoms in total. The van der Waals surface area contributed by atoms with Gasteiger partial charge >= 0.3 is 0 Å². The molecule has 7 heteroatoms. The van der Waals surface area contributed by atoms with E-state index in [0.717, 1.165) is 16.5 Å². The van der Waals surface area contributed by atoms with Gasteiger partial charge in [0.2, 0.25) is 5.91 Å². The maximum absolute atomic E-state index is 11.1. The van der Waals surface area contributed by atoms with Gasteiger partial charge in [0.05, 0.1) is 5.75 Å². The molecule has 21 heavy (non-hydrogen) atoms. The molecule has 1 heterocycles. The molecule has 0 saturated carbocycles. The molecule has 0 aliphatic carbocycles. The second-order valence-corrected chi connectivity index (χ2v) is 5.22. The minimum Gasteiger partial charge on any atom is -0.486 e. The zero-order chi connectivity index (χ0) is 15.1. The number of carbonyl (C=O) groups excluding carboxylic acids is 1. The number of hydrogen-bond acceptors (Lipinski definition) is 6. The van der Waals surface area contributed by atoms with Crippen LogP contribution in [-0.2, 0) is 11.4 Å². The summed E-state index contributed by atoms with van der Waals surface area (Å²) < 4.78 is 5.62. The van der Waals surface area contributed by atoms with Crippen LogP contribution in [0.25, 0.3) is 0 Å². The number of rotatable bonds is 6. The molecule has 0 spiro atoms. The van der Waals surface area contributed by atoms with Gasteiger partial charge in [0.1, 0.15) is 17.4 Å². The van der Waals surface area contributed by atoms with Crippen LogP contribution >= 0.6 is 11.8 Å². The summed E-state index contributed by atoms with van der Waals surface area (Å²) in [6.45, 7) is 2.16. The number of ether oxygens (including phenoxy) is 1. The number of nitrogens with one attached hydrogen (secondary N) is 1. The largest absolute Gasteiger partial charge is 0.486 e. The van der Waals surface area contributed by atoms with Gasteiger partial charge in [0, 0.05) is 5.69 Å². The van der Waals surface area contributed by atoms with Gasteiger partial charge in [-0.3, -0.25) is 10.2 Å². The third-order valence-corrected chi connectivity index (χ3v) is 3.41. The second-order valence-electron chi connectivity index (χ2n) is 4.22. The van der Waals surface area contributed by atoms with Crippen molar-refractivity contribution in [2.24, 2.45) is 5.84 Å². The van der Waals surface area contributed by atoms with E-state index in [1.165, 1.54) is 11.8 Å². The molecule has 110 valence electrons. The van der Waals surface area contributed by atoms with Crippen LogP contribution in [0.3, 0.4) is 0 Å². The Hall–Kier alpha value is -2.12. The Bertz CT molecular complexity index is 607. The first kappa shape index (κ1) is 15.3. The molecule has 1 aromatic heterocycles. The Morgan fingerprint density at radius 2 is 2.10 bits per heavy atom. The summed E-state index contributed by atoms with van der Waals surface area (Å²) in [5.74, 6) is 6.35. The van der Waals surface area contributed by atoms with Gasteiger partial charge in [0.15, 0.2) is 5.82 Å². The molecule has 0 fully saturated rings. The maximum atomic E-state index is 11.1. The number of nitrogens with two attached hydrogens (primary N) is 1. The summed E-state index contributed by atoms with van der Waals surface area (Å²) in [4.78, 5) is 19.8. The summed E-state index contributed by atoms with van der Waals surface area (Å²) in [5, 5.41) is 0.720. The molecule has 2 rings (SSSR count). The van der Waals surface area contributed by atoms with Crippen LogP contribution in [0.15, 0.2) is 41.4 Å². The molecular weight excluding hydrogens is 288 g/mol. The van der Waals surface area contributed by atoms with E-state index in [0.29, 0.717) is 5.82 Å². The summed E-state index contributed by atoms with van der Waals surface area (Å²) in [6, 6.07) is 11.3.